The third-order valence-electron chi connectivity index (χ3n) is 5.23. The van der Waals surface area contributed by atoms with Gasteiger partial charge >= 0.3 is 0 Å². The Labute approximate surface area is 103 Å². The zero-order chi connectivity index (χ0) is 12.6. The molecular formula is C14H23NO2. The smallest absolute Gasteiger partial charge is 0.230 e. The first-order valence-electron chi connectivity index (χ1n) is 6.85. The summed E-state index contributed by atoms with van der Waals surface area (Å²) >= 11 is 0. The van der Waals surface area contributed by atoms with Crippen LogP contribution in [0.25, 0.3) is 0 Å². The molecular weight excluding hydrogens is 214 g/mol. The number of hydrogen-bond donors (Lipinski definition) is 1. The second-order valence-corrected chi connectivity index (χ2v) is 5.94. The van der Waals surface area contributed by atoms with Gasteiger partial charge in [-0.15, -0.1) is 0 Å². The topological polar surface area (TPSA) is 46.2 Å². The quantitative estimate of drug-likeness (QED) is 0.712. The van der Waals surface area contributed by atoms with Crippen molar-refractivity contribution in [2.24, 2.45) is 23.2 Å². The summed E-state index contributed by atoms with van der Waals surface area (Å²) in [4.78, 5) is 23.8. The molecule has 0 aromatic rings. The molecule has 96 valence electrons. The Hall–Kier alpha value is -0.860. The molecule has 4 unspecified atom stereocenters. The number of carbonyl (C=O) groups is 2. The number of hydrogen-bond acceptors (Lipinski definition) is 2. The highest BCUT2D eigenvalue weighted by Crippen LogP contribution is 2.53. The zero-order valence-corrected chi connectivity index (χ0v) is 11.1. The van der Waals surface area contributed by atoms with Gasteiger partial charge in [0.15, 0.2) is 0 Å². The van der Waals surface area contributed by atoms with Crippen LogP contribution in [0.2, 0.25) is 0 Å². The van der Waals surface area contributed by atoms with Crippen molar-refractivity contribution in [2.45, 2.75) is 52.9 Å². The van der Waals surface area contributed by atoms with Gasteiger partial charge in [-0.2, -0.15) is 0 Å². The van der Waals surface area contributed by atoms with Crippen LogP contribution in [0, 0.1) is 23.2 Å². The molecule has 1 heterocycles. The normalized spacial score (nSPS) is 42.6. The maximum absolute atomic E-state index is 12.0. The maximum Gasteiger partial charge on any atom is 0.230 e. The van der Waals surface area contributed by atoms with Crippen LogP contribution in [0.4, 0.5) is 0 Å². The summed E-state index contributed by atoms with van der Waals surface area (Å²) in [6.45, 7) is 6.56. The standard InChI is InChI=1S/C14H23NO2/c1-4-11-13(17)15-12(16)8-14(11)7-5-6-9(2)10(14)3/h9-11H,4-8H2,1-3H3,(H,15,16,17). The SMILES string of the molecule is CCC1C(=O)NC(=O)CC12CCCC(C)C2C. The summed E-state index contributed by atoms with van der Waals surface area (Å²) in [5.74, 6) is 1.01. The Balaban J connectivity index is 2.36. The van der Waals surface area contributed by atoms with Crippen LogP contribution in [-0.2, 0) is 9.59 Å². The Morgan fingerprint density at radius 1 is 1.35 bits per heavy atom. The van der Waals surface area contributed by atoms with Crippen molar-refractivity contribution < 1.29 is 9.59 Å². The molecule has 3 heteroatoms. The molecule has 0 bridgehead atoms. The predicted octanol–water partition coefficient (Wildman–Crippen LogP) is 2.50. The van der Waals surface area contributed by atoms with Crippen molar-refractivity contribution >= 4 is 11.8 Å². The van der Waals surface area contributed by atoms with E-state index in [0.717, 1.165) is 19.3 Å². The van der Waals surface area contributed by atoms with Gasteiger partial charge < -0.3 is 0 Å². The molecule has 2 rings (SSSR count). The third kappa shape index (κ3) is 1.90. The average molecular weight is 237 g/mol. The second-order valence-electron chi connectivity index (χ2n) is 5.94. The molecule has 1 N–H and O–H groups in total. The highest BCUT2D eigenvalue weighted by atomic mass is 16.2. The van der Waals surface area contributed by atoms with Crippen LogP contribution >= 0.6 is 0 Å². The lowest BCUT2D eigenvalue weighted by molar-refractivity contribution is -0.150. The summed E-state index contributed by atoms with van der Waals surface area (Å²) in [5.41, 5.74) is -0.0637. The lowest BCUT2D eigenvalue weighted by Gasteiger charge is -2.51. The van der Waals surface area contributed by atoms with E-state index in [1.807, 2.05) is 0 Å². The molecule has 0 radical (unpaired) electrons. The van der Waals surface area contributed by atoms with Gasteiger partial charge in [-0.1, -0.05) is 33.6 Å². The van der Waals surface area contributed by atoms with E-state index in [0.29, 0.717) is 18.3 Å². The molecule has 2 amide bonds. The number of imide groups is 1. The van der Waals surface area contributed by atoms with E-state index in [1.165, 1.54) is 6.42 Å². The minimum atomic E-state index is -0.0688. The van der Waals surface area contributed by atoms with Crippen LogP contribution in [0.15, 0.2) is 0 Å². The first-order chi connectivity index (χ1) is 8.01. The Bertz CT molecular complexity index is 339. The van der Waals surface area contributed by atoms with Gasteiger partial charge in [0.1, 0.15) is 0 Å². The van der Waals surface area contributed by atoms with E-state index in [1.54, 1.807) is 0 Å². The molecule has 1 saturated carbocycles. The fraction of sp³-hybridized carbons (Fsp3) is 0.857. The van der Waals surface area contributed by atoms with E-state index >= 15 is 0 Å². The number of nitrogens with one attached hydrogen (secondary N) is 1. The summed E-state index contributed by atoms with van der Waals surface area (Å²) in [6.07, 6.45) is 4.81. The first kappa shape index (κ1) is 12.6. The fourth-order valence-electron chi connectivity index (χ4n) is 4.08. The van der Waals surface area contributed by atoms with Crippen LogP contribution in [0.1, 0.15) is 52.9 Å². The fourth-order valence-corrected chi connectivity index (χ4v) is 4.08. The van der Waals surface area contributed by atoms with Crippen LogP contribution in [-0.4, -0.2) is 11.8 Å². The van der Waals surface area contributed by atoms with Crippen LogP contribution < -0.4 is 5.32 Å². The van der Waals surface area contributed by atoms with Crippen molar-refractivity contribution in [3.05, 3.63) is 0 Å². The zero-order valence-electron chi connectivity index (χ0n) is 11.1. The van der Waals surface area contributed by atoms with E-state index in [-0.39, 0.29) is 23.1 Å². The van der Waals surface area contributed by atoms with Crippen molar-refractivity contribution in [3.8, 4) is 0 Å². The summed E-state index contributed by atoms with van der Waals surface area (Å²) in [7, 11) is 0. The Kier molecular flexibility index (Phi) is 3.28. The number of rotatable bonds is 1. The van der Waals surface area contributed by atoms with Crippen molar-refractivity contribution in [2.75, 3.05) is 0 Å². The molecule has 2 aliphatic rings. The summed E-state index contributed by atoms with van der Waals surface area (Å²) < 4.78 is 0. The molecule has 1 saturated heterocycles. The minimum Gasteiger partial charge on any atom is -0.296 e. The van der Waals surface area contributed by atoms with E-state index in [9.17, 15) is 9.59 Å². The monoisotopic (exact) mass is 237 g/mol. The molecule has 3 nitrogen and oxygen atoms in total. The first-order valence-corrected chi connectivity index (χ1v) is 6.85. The van der Waals surface area contributed by atoms with E-state index < -0.39 is 0 Å². The van der Waals surface area contributed by atoms with Crippen LogP contribution in [0.5, 0.6) is 0 Å². The second kappa shape index (κ2) is 4.43. The molecule has 0 aromatic carbocycles. The lowest BCUT2D eigenvalue weighted by Crippen LogP contribution is -2.56. The summed E-state index contributed by atoms with van der Waals surface area (Å²) in [5, 5.41) is 2.51. The highest BCUT2D eigenvalue weighted by molar-refractivity contribution is 5.99. The Morgan fingerprint density at radius 3 is 2.71 bits per heavy atom. The van der Waals surface area contributed by atoms with Gasteiger partial charge in [0, 0.05) is 12.3 Å². The molecule has 4 atom stereocenters. The van der Waals surface area contributed by atoms with Crippen LogP contribution in [0.3, 0.4) is 0 Å². The molecule has 1 spiro atoms. The van der Waals surface area contributed by atoms with Gasteiger partial charge in [-0.25, -0.2) is 0 Å². The van der Waals surface area contributed by atoms with Gasteiger partial charge in [-0.3, -0.25) is 14.9 Å². The largest absolute Gasteiger partial charge is 0.296 e. The third-order valence-corrected chi connectivity index (χ3v) is 5.23. The molecule has 17 heavy (non-hydrogen) atoms. The number of amides is 2. The van der Waals surface area contributed by atoms with Gasteiger partial charge in [0.05, 0.1) is 0 Å². The summed E-state index contributed by atoms with van der Waals surface area (Å²) in [6, 6.07) is 0. The number of piperidine rings is 1. The van der Waals surface area contributed by atoms with Gasteiger partial charge in [0.2, 0.25) is 11.8 Å². The molecule has 2 fully saturated rings. The maximum atomic E-state index is 12.0. The van der Waals surface area contributed by atoms with Crippen molar-refractivity contribution in [3.63, 3.8) is 0 Å². The van der Waals surface area contributed by atoms with Gasteiger partial charge in [-0.05, 0) is 30.1 Å². The minimum absolute atomic E-state index is 0.0259. The van der Waals surface area contributed by atoms with Gasteiger partial charge in [0.25, 0.3) is 0 Å². The number of carbonyl (C=O) groups excluding carboxylic acids is 2. The highest BCUT2D eigenvalue weighted by Gasteiger charge is 2.52. The van der Waals surface area contributed by atoms with Crippen molar-refractivity contribution in [1.82, 2.24) is 5.32 Å². The van der Waals surface area contributed by atoms with Crippen molar-refractivity contribution in [1.29, 1.82) is 0 Å². The Morgan fingerprint density at radius 2 is 2.06 bits per heavy atom. The molecule has 0 aromatic heterocycles. The van der Waals surface area contributed by atoms with E-state index in [4.69, 9.17) is 0 Å². The molecule has 1 aliphatic carbocycles. The molecule has 1 aliphatic heterocycles. The average Bonchev–Trinajstić information content (AvgIpc) is 2.25. The lowest BCUT2D eigenvalue weighted by atomic mass is 9.54. The van der Waals surface area contributed by atoms with E-state index in [2.05, 4.69) is 26.1 Å². The predicted molar refractivity (Wildman–Crippen MR) is 66.2 cm³/mol.